The number of hydrogen-bond acceptors (Lipinski definition) is 4. The summed E-state index contributed by atoms with van der Waals surface area (Å²) >= 11 is 0. The SMILES string of the molecule is CCn1cc(C(=O)/C=C/c2ccc(C)cc2)c(=O)c2cc(F)c(N3CCN(C(C)=O)CC3)cc21. The van der Waals surface area contributed by atoms with E-state index in [2.05, 4.69) is 0 Å². The van der Waals surface area contributed by atoms with Crippen LogP contribution in [-0.2, 0) is 11.3 Å². The second-order valence-corrected chi connectivity index (χ2v) is 8.58. The average molecular weight is 462 g/mol. The van der Waals surface area contributed by atoms with Gasteiger partial charge in [0.1, 0.15) is 5.82 Å². The van der Waals surface area contributed by atoms with E-state index in [0.717, 1.165) is 11.1 Å². The second kappa shape index (κ2) is 9.63. The quantitative estimate of drug-likeness (QED) is 0.425. The topological polar surface area (TPSA) is 62.6 Å². The molecule has 0 aliphatic carbocycles. The Balaban J connectivity index is 1.69. The number of nitrogens with zero attached hydrogens (tertiary/aromatic N) is 3. The van der Waals surface area contributed by atoms with Gasteiger partial charge in [0.15, 0.2) is 5.78 Å². The first-order valence-electron chi connectivity index (χ1n) is 11.4. The van der Waals surface area contributed by atoms with Crippen molar-refractivity contribution < 1.29 is 14.0 Å². The van der Waals surface area contributed by atoms with Gasteiger partial charge in [0, 0.05) is 51.2 Å². The van der Waals surface area contributed by atoms with Gasteiger partial charge in [-0.3, -0.25) is 14.4 Å². The summed E-state index contributed by atoms with van der Waals surface area (Å²) in [5.41, 5.74) is 2.49. The van der Waals surface area contributed by atoms with Crippen molar-refractivity contribution >= 4 is 34.4 Å². The fraction of sp³-hybridized carbons (Fsp3) is 0.296. The summed E-state index contributed by atoms with van der Waals surface area (Å²) in [6.45, 7) is 8.01. The number of halogens is 1. The van der Waals surface area contributed by atoms with E-state index in [1.54, 1.807) is 27.8 Å². The third-order valence-corrected chi connectivity index (χ3v) is 6.33. The van der Waals surface area contributed by atoms with Gasteiger partial charge in [-0.1, -0.05) is 35.9 Å². The molecule has 0 bridgehead atoms. The normalized spacial score (nSPS) is 14.2. The second-order valence-electron chi connectivity index (χ2n) is 8.58. The van der Waals surface area contributed by atoms with Gasteiger partial charge in [-0.2, -0.15) is 0 Å². The zero-order valence-electron chi connectivity index (χ0n) is 19.7. The van der Waals surface area contributed by atoms with Crippen molar-refractivity contribution in [1.29, 1.82) is 0 Å². The highest BCUT2D eigenvalue weighted by Crippen LogP contribution is 2.26. The molecule has 2 aromatic carbocycles. The summed E-state index contributed by atoms with van der Waals surface area (Å²) < 4.78 is 16.9. The number of rotatable bonds is 5. The van der Waals surface area contributed by atoms with E-state index in [1.807, 2.05) is 43.0 Å². The third kappa shape index (κ3) is 4.64. The molecule has 0 spiro atoms. The van der Waals surface area contributed by atoms with Gasteiger partial charge < -0.3 is 14.4 Å². The van der Waals surface area contributed by atoms with Crippen LogP contribution in [-0.4, -0.2) is 47.3 Å². The number of carbonyl (C=O) groups is 2. The zero-order chi connectivity index (χ0) is 24.4. The van der Waals surface area contributed by atoms with Crippen molar-refractivity contribution in [3.8, 4) is 0 Å². The summed E-state index contributed by atoms with van der Waals surface area (Å²) in [6, 6.07) is 10.6. The molecule has 34 heavy (non-hydrogen) atoms. The van der Waals surface area contributed by atoms with Crippen LogP contribution >= 0.6 is 0 Å². The van der Waals surface area contributed by atoms with E-state index in [4.69, 9.17) is 0 Å². The van der Waals surface area contributed by atoms with E-state index in [9.17, 15) is 14.4 Å². The van der Waals surface area contributed by atoms with Gasteiger partial charge in [-0.15, -0.1) is 0 Å². The number of aromatic nitrogens is 1. The smallest absolute Gasteiger partial charge is 0.219 e. The highest BCUT2D eigenvalue weighted by atomic mass is 19.1. The van der Waals surface area contributed by atoms with E-state index in [1.165, 1.54) is 19.1 Å². The number of hydrogen-bond donors (Lipinski definition) is 0. The Labute approximate surface area is 197 Å². The van der Waals surface area contributed by atoms with Crippen LogP contribution in [0.15, 0.2) is 53.5 Å². The number of fused-ring (bicyclic) bond motifs is 1. The fourth-order valence-corrected chi connectivity index (χ4v) is 4.28. The average Bonchev–Trinajstić information content (AvgIpc) is 2.84. The van der Waals surface area contributed by atoms with Crippen LogP contribution in [0.1, 0.15) is 35.3 Å². The van der Waals surface area contributed by atoms with Crippen molar-refractivity contribution in [3.05, 3.63) is 81.4 Å². The van der Waals surface area contributed by atoms with Crippen molar-refractivity contribution in [1.82, 2.24) is 9.47 Å². The van der Waals surface area contributed by atoms with E-state index in [-0.39, 0.29) is 16.9 Å². The van der Waals surface area contributed by atoms with Crippen molar-refractivity contribution in [2.75, 3.05) is 31.1 Å². The Morgan fingerprint density at radius 3 is 2.35 bits per heavy atom. The molecule has 6 nitrogen and oxygen atoms in total. The molecular weight excluding hydrogens is 433 g/mol. The maximum atomic E-state index is 15.1. The number of amides is 1. The van der Waals surface area contributed by atoms with Crippen molar-refractivity contribution in [2.24, 2.45) is 0 Å². The molecule has 176 valence electrons. The molecule has 0 N–H and O–H groups in total. The predicted molar refractivity (Wildman–Crippen MR) is 133 cm³/mol. The molecule has 4 rings (SSSR count). The number of aryl methyl sites for hydroxylation is 2. The predicted octanol–water partition coefficient (Wildman–Crippen LogP) is 4.03. The molecule has 1 aliphatic heterocycles. The fourth-order valence-electron chi connectivity index (χ4n) is 4.28. The third-order valence-electron chi connectivity index (χ3n) is 6.33. The first-order valence-corrected chi connectivity index (χ1v) is 11.4. The first kappa shape index (κ1) is 23.4. The number of allylic oxidation sites excluding steroid dienone is 1. The van der Waals surface area contributed by atoms with Gasteiger partial charge in [0.2, 0.25) is 11.3 Å². The van der Waals surface area contributed by atoms with Gasteiger partial charge in [0.25, 0.3) is 0 Å². The zero-order valence-corrected chi connectivity index (χ0v) is 19.7. The molecule has 1 aliphatic rings. The molecule has 0 saturated carbocycles. The molecular formula is C27H28FN3O3. The molecule has 0 radical (unpaired) electrons. The Morgan fingerprint density at radius 2 is 1.74 bits per heavy atom. The van der Waals surface area contributed by atoms with E-state index < -0.39 is 17.0 Å². The molecule has 0 atom stereocenters. The molecule has 2 heterocycles. The van der Waals surface area contributed by atoms with Gasteiger partial charge in [-0.05, 0) is 37.6 Å². The van der Waals surface area contributed by atoms with Crippen LogP contribution < -0.4 is 10.3 Å². The van der Waals surface area contributed by atoms with Gasteiger partial charge in [-0.25, -0.2) is 4.39 Å². The van der Waals surface area contributed by atoms with E-state index in [0.29, 0.717) is 43.9 Å². The Morgan fingerprint density at radius 1 is 1.06 bits per heavy atom. The molecule has 0 unspecified atom stereocenters. The molecule has 7 heteroatoms. The van der Waals surface area contributed by atoms with Crippen LogP contribution in [0.5, 0.6) is 0 Å². The first-order chi connectivity index (χ1) is 16.3. The van der Waals surface area contributed by atoms with E-state index >= 15 is 4.39 Å². The van der Waals surface area contributed by atoms with Gasteiger partial charge in [0.05, 0.1) is 16.8 Å². The highest BCUT2D eigenvalue weighted by molar-refractivity contribution is 6.08. The number of ketones is 1. The van der Waals surface area contributed by atoms with Crippen molar-refractivity contribution in [3.63, 3.8) is 0 Å². The number of carbonyl (C=O) groups excluding carboxylic acids is 2. The standard InChI is InChI=1S/C27H28FN3O3/c1-4-29-17-22(26(33)10-9-20-7-5-18(2)6-8-20)27(34)21-15-23(28)25(16-24(21)29)31-13-11-30(12-14-31)19(3)32/h5-10,15-17H,4,11-14H2,1-3H3/b10-9+. The lowest BCUT2D eigenvalue weighted by atomic mass is 10.1. The number of anilines is 1. The summed E-state index contributed by atoms with van der Waals surface area (Å²) in [5, 5.41) is 0.181. The van der Waals surface area contributed by atoms with Gasteiger partial charge >= 0.3 is 0 Å². The number of pyridine rings is 1. The monoisotopic (exact) mass is 461 g/mol. The minimum Gasteiger partial charge on any atom is -0.366 e. The lowest BCUT2D eigenvalue weighted by Crippen LogP contribution is -2.48. The van der Waals surface area contributed by atoms with Crippen LogP contribution in [0.25, 0.3) is 17.0 Å². The lowest BCUT2D eigenvalue weighted by Gasteiger charge is -2.36. The summed E-state index contributed by atoms with van der Waals surface area (Å²) in [4.78, 5) is 41.2. The Bertz CT molecular complexity index is 1330. The summed E-state index contributed by atoms with van der Waals surface area (Å²) in [7, 11) is 0. The highest BCUT2D eigenvalue weighted by Gasteiger charge is 2.23. The molecule has 1 amide bonds. The Hall–Kier alpha value is -3.74. The molecule has 1 fully saturated rings. The maximum Gasteiger partial charge on any atom is 0.219 e. The summed E-state index contributed by atoms with van der Waals surface area (Å²) in [5.74, 6) is -0.921. The summed E-state index contributed by atoms with van der Waals surface area (Å²) in [6.07, 6.45) is 4.61. The largest absolute Gasteiger partial charge is 0.366 e. The molecule has 1 aromatic heterocycles. The number of benzene rings is 2. The molecule has 1 saturated heterocycles. The van der Waals surface area contributed by atoms with Crippen LogP contribution in [0.2, 0.25) is 0 Å². The van der Waals surface area contributed by atoms with Crippen LogP contribution in [0.3, 0.4) is 0 Å². The number of piperazine rings is 1. The Kier molecular flexibility index (Phi) is 6.63. The minimum atomic E-state index is -0.511. The minimum absolute atomic E-state index is 0.00655. The molecule has 3 aromatic rings. The van der Waals surface area contributed by atoms with Crippen LogP contribution in [0.4, 0.5) is 10.1 Å². The van der Waals surface area contributed by atoms with Crippen molar-refractivity contribution in [2.45, 2.75) is 27.3 Å². The maximum absolute atomic E-state index is 15.1. The lowest BCUT2D eigenvalue weighted by molar-refractivity contribution is -0.129. The van der Waals surface area contributed by atoms with Crippen LogP contribution in [0, 0.1) is 12.7 Å².